The largest absolute Gasteiger partial charge is 0.491 e. The van der Waals surface area contributed by atoms with Crippen LogP contribution in [0, 0.1) is 0 Å². The van der Waals surface area contributed by atoms with Gasteiger partial charge < -0.3 is 24.6 Å². The van der Waals surface area contributed by atoms with E-state index in [1.165, 1.54) is 6.07 Å². The number of Topliss-reactive ketones (excluding diaryl/α,β-unsaturated/α-hetero) is 1. The highest BCUT2D eigenvalue weighted by Crippen LogP contribution is 2.43. The number of ketones is 1. The molecule has 0 radical (unpaired) electrons. The summed E-state index contributed by atoms with van der Waals surface area (Å²) in [5.41, 5.74) is -0.720. The Bertz CT molecular complexity index is 655. The number of benzene rings is 1. The number of rotatable bonds is 8. The monoisotopic (exact) mass is 351 g/mol. The van der Waals surface area contributed by atoms with Gasteiger partial charge in [-0.3, -0.25) is 9.59 Å². The van der Waals surface area contributed by atoms with Crippen LogP contribution in [-0.2, 0) is 9.53 Å². The number of anilines is 1. The third kappa shape index (κ3) is 4.11. The molecule has 0 saturated heterocycles. The van der Waals surface area contributed by atoms with E-state index in [9.17, 15) is 14.7 Å². The first-order chi connectivity index (χ1) is 11.8. The molecule has 0 spiro atoms. The van der Waals surface area contributed by atoms with E-state index < -0.39 is 17.7 Å². The number of carbonyl (C=O) groups is 2. The maximum absolute atomic E-state index is 12.5. The van der Waals surface area contributed by atoms with Crippen LogP contribution in [0.25, 0.3) is 0 Å². The van der Waals surface area contributed by atoms with Gasteiger partial charge in [0, 0.05) is 6.61 Å². The average Bonchev–Trinajstić information content (AvgIpc) is 2.56. The average molecular weight is 351 g/mol. The fourth-order valence-electron chi connectivity index (χ4n) is 2.36. The zero-order valence-corrected chi connectivity index (χ0v) is 15.0. The molecule has 7 heteroatoms. The van der Waals surface area contributed by atoms with Crippen LogP contribution < -0.4 is 14.8 Å². The number of ether oxygens (including phenoxy) is 3. The number of aliphatic hydroxyl groups excluding tert-OH is 1. The van der Waals surface area contributed by atoms with Gasteiger partial charge in [0.1, 0.15) is 11.4 Å². The molecular formula is C18H25NO6. The van der Waals surface area contributed by atoms with Crippen molar-refractivity contribution in [2.24, 2.45) is 0 Å². The Balaban J connectivity index is 2.44. The number of unbranched alkanes of at least 4 members (excludes halogenated alkanes) is 1. The Morgan fingerprint density at radius 3 is 2.72 bits per heavy atom. The lowest BCUT2D eigenvalue weighted by Gasteiger charge is -2.33. The van der Waals surface area contributed by atoms with Gasteiger partial charge in [0.2, 0.25) is 12.1 Å². The summed E-state index contributed by atoms with van der Waals surface area (Å²) >= 11 is 0. The van der Waals surface area contributed by atoms with Crippen LogP contribution in [0.2, 0.25) is 0 Å². The van der Waals surface area contributed by atoms with Crippen LogP contribution in [0.5, 0.6) is 11.5 Å². The first-order valence-corrected chi connectivity index (χ1v) is 8.46. The molecule has 0 fully saturated rings. The van der Waals surface area contributed by atoms with Crippen molar-refractivity contribution >= 4 is 17.4 Å². The van der Waals surface area contributed by atoms with Gasteiger partial charge in [-0.2, -0.15) is 0 Å². The fourth-order valence-corrected chi connectivity index (χ4v) is 2.36. The Hall–Kier alpha value is -2.12. The highest BCUT2D eigenvalue weighted by Gasteiger charge is 2.39. The highest BCUT2D eigenvalue weighted by atomic mass is 16.6. The first-order valence-electron chi connectivity index (χ1n) is 8.46. The predicted molar refractivity (Wildman–Crippen MR) is 92.1 cm³/mol. The topological polar surface area (TPSA) is 94.1 Å². The van der Waals surface area contributed by atoms with Gasteiger partial charge in [-0.15, -0.1) is 0 Å². The summed E-state index contributed by atoms with van der Waals surface area (Å²) in [6.45, 7) is 7.60. The first kappa shape index (κ1) is 19.2. The van der Waals surface area contributed by atoms with Crippen molar-refractivity contribution in [1.29, 1.82) is 0 Å². The zero-order valence-electron chi connectivity index (χ0n) is 15.0. The summed E-state index contributed by atoms with van der Waals surface area (Å²) in [7, 11) is 0. The van der Waals surface area contributed by atoms with Crippen molar-refractivity contribution in [3.63, 3.8) is 0 Å². The summed E-state index contributed by atoms with van der Waals surface area (Å²) < 4.78 is 16.4. The second kappa shape index (κ2) is 7.84. The van der Waals surface area contributed by atoms with Gasteiger partial charge in [-0.25, -0.2) is 0 Å². The number of nitrogens with one attached hydrogen (secondary N) is 1. The number of carbonyl (C=O) groups excluding carboxylic acids is 2. The van der Waals surface area contributed by atoms with E-state index in [0.717, 1.165) is 12.8 Å². The van der Waals surface area contributed by atoms with Crippen LogP contribution in [0.15, 0.2) is 12.1 Å². The van der Waals surface area contributed by atoms with Crippen molar-refractivity contribution < 1.29 is 28.9 Å². The van der Waals surface area contributed by atoms with E-state index >= 15 is 0 Å². The van der Waals surface area contributed by atoms with Crippen molar-refractivity contribution in [1.82, 2.24) is 0 Å². The number of hydrogen-bond acceptors (Lipinski definition) is 6. The van der Waals surface area contributed by atoms with E-state index in [1.54, 1.807) is 26.8 Å². The fraction of sp³-hybridized carbons (Fsp3) is 0.556. The minimum atomic E-state index is -1.59. The molecule has 1 aromatic carbocycles. The van der Waals surface area contributed by atoms with Gasteiger partial charge in [0.15, 0.2) is 11.4 Å². The molecule has 7 nitrogen and oxygen atoms in total. The van der Waals surface area contributed by atoms with Gasteiger partial charge >= 0.3 is 0 Å². The molecule has 1 unspecified atom stereocenters. The SMILES string of the molecule is CCCCOc1ccc(C(=O)C(O)OCC)c2c1NC(=O)C(C)(C)O2. The second-order valence-corrected chi connectivity index (χ2v) is 6.26. The van der Waals surface area contributed by atoms with Gasteiger partial charge in [-0.1, -0.05) is 13.3 Å². The van der Waals surface area contributed by atoms with E-state index in [1.807, 2.05) is 6.92 Å². The van der Waals surface area contributed by atoms with Gasteiger partial charge in [-0.05, 0) is 39.3 Å². The minimum Gasteiger partial charge on any atom is -0.491 e. The molecule has 1 atom stereocenters. The maximum atomic E-state index is 12.5. The number of hydrogen-bond donors (Lipinski definition) is 2. The molecule has 1 aromatic rings. The molecule has 0 saturated carbocycles. The van der Waals surface area contributed by atoms with E-state index in [2.05, 4.69) is 5.32 Å². The Morgan fingerprint density at radius 2 is 2.08 bits per heavy atom. The molecule has 0 aliphatic carbocycles. The Morgan fingerprint density at radius 1 is 1.36 bits per heavy atom. The zero-order chi connectivity index (χ0) is 18.6. The number of aliphatic hydroxyl groups is 1. The second-order valence-electron chi connectivity index (χ2n) is 6.26. The number of fused-ring (bicyclic) bond motifs is 1. The van der Waals surface area contributed by atoms with Gasteiger partial charge in [0.05, 0.1) is 12.2 Å². The molecule has 25 heavy (non-hydrogen) atoms. The van der Waals surface area contributed by atoms with Crippen molar-refractivity contribution in [3.8, 4) is 11.5 Å². The third-order valence-electron chi connectivity index (χ3n) is 3.83. The lowest BCUT2D eigenvalue weighted by molar-refractivity contribution is -0.129. The van der Waals surface area contributed by atoms with Crippen LogP contribution in [-0.4, -0.2) is 41.9 Å². The molecule has 1 aliphatic rings. The maximum Gasteiger partial charge on any atom is 0.268 e. The quantitative estimate of drug-likeness (QED) is 0.425. The Kier molecular flexibility index (Phi) is 6.02. The number of amides is 1. The summed E-state index contributed by atoms with van der Waals surface area (Å²) in [5.74, 6) is -0.363. The van der Waals surface area contributed by atoms with Gasteiger partial charge in [0.25, 0.3) is 5.91 Å². The minimum absolute atomic E-state index is 0.131. The summed E-state index contributed by atoms with van der Waals surface area (Å²) in [4.78, 5) is 24.7. The summed E-state index contributed by atoms with van der Waals surface area (Å²) in [5, 5.41) is 12.6. The smallest absolute Gasteiger partial charge is 0.268 e. The van der Waals surface area contributed by atoms with E-state index in [0.29, 0.717) is 18.0 Å². The molecule has 1 amide bonds. The summed E-state index contributed by atoms with van der Waals surface area (Å²) in [6.07, 6.45) is 0.235. The molecule has 138 valence electrons. The van der Waals surface area contributed by atoms with Crippen LogP contribution in [0.4, 0.5) is 5.69 Å². The van der Waals surface area contributed by atoms with E-state index in [4.69, 9.17) is 14.2 Å². The summed E-state index contributed by atoms with van der Waals surface area (Å²) in [6, 6.07) is 3.10. The lowest BCUT2D eigenvalue weighted by atomic mass is 10.0. The van der Waals surface area contributed by atoms with Crippen molar-refractivity contribution in [2.45, 2.75) is 52.4 Å². The molecule has 1 heterocycles. The molecular weight excluding hydrogens is 326 g/mol. The van der Waals surface area contributed by atoms with Crippen LogP contribution >= 0.6 is 0 Å². The molecule has 2 rings (SSSR count). The van der Waals surface area contributed by atoms with Crippen molar-refractivity contribution in [3.05, 3.63) is 17.7 Å². The van der Waals surface area contributed by atoms with Crippen LogP contribution in [0.3, 0.4) is 0 Å². The van der Waals surface area contributed by atoms with E-state index in [-0.39, 0.29) is 23.8 Å². The normalized spacial score (nSPS) is 16.4. The van der Waals surface area contributed by atoms with Crippen molar-refractivity contribution in [2.75, 3.05) is 18.5 Å². The molecule has 1 aliphatic heterocycles. The third-order valence-corrected chi connectivity index (χ3v) is 3.83. The molecule has 0 aromatic heterocycles. The molecule has 0 bridgehead atoms. The molecule has 2 N–H and O–H groups in total. The predicted octanol–water partition coefficient (Wildman–Crippen LogP) is 2.51. The highest BCUT2D eigenvalue weighted by molar-refractivity contribution is 6.08. The Labute approximate surface area is 147 Å². The van der Waals surface area contributed by atoms with Crippen LogP contribution in [0.1, 0.15) is 50.9 Å². The standard InChI is InChI=1S/C18H25NO6/c1-5-7-10-24-12-9-8-11(14(20)16(21)23-6-2)15-13(12)19-17(22)18(3,4)25-15/h8-9,16,21H,5-7,10H2,1-4H3,(H,19,22). The lowest BCUT2D eigenvalue weighted by Crippen LogP contribution is -2.46.